The van der Waals surface area contributed by atoms with E-state index in [2.05, 4.69) is 229 Å². The van der Waals surface area contributed by atoms with Crippen molar-refractivity contribution in [3.05, 3.63) is 247 Å². The lowest BCUT2D eigenvalue weighted by Crippen LogP contribution is -2.28. The van der Waals surface area contributed by atoms with Gasteiger partial charge in [0.25, 0.3) is 0 Å². The molecular formula is C55H37NS. The van der Waals surface area contributed by atoms with E-state index in [4.69, 9.17) is 0 Å². The van der Waals surface area contributed by atoms with Crippen molar-refractivity contribution in [2.75, 3.05) is 4.90 Å². The van der Waals surface area contributed by atoms with E-state index in [1.165, 1.54) is 75.8 Å². The number of hydrogen-bond donors (Lipinski definition) is 0. The summed E-state index contributed by atoms with van der Waals surface area (Å²) in [4.78, 5) is 2.45. The number of hydrogen-bond acceptors (Lipinski definition) is 2. The molecule has 57 heavy (non-hydrogen) atoms. The van der Waals surface area contributed by atoms with Gasteiger partial charge in [-0.2, -0.15) is 0 Å². The molecule has 1 nitrogen and oxygen atoms in total. The average Bonchev–Trinajstić information content (AvgIpc) is 3.82. The van der Waals surface area contributed by atoms with Crippen molar-refractivity contribution in [2.24, 2.45) is 0 Å². The summed E-state index contributed by atoms with van der Waals surface area (Å²) in [6, 6.07) is 82.4. The van der Waals surface area contributed by atoms with Crippen LogP contribution in [0.2, 0.25) is 0 Å². The number of rotatable bonds is 7. The molecule has 2 heteroatoms. The van der Waals surface area contributed by atoms with Crippen molar-refractivity contribution in [1.82, 2.24) is 0 Å². The van der Waals surface area contributed by atoms with Gasteiger partial charge in [-0.25, -0.2) is 0 Å². The van der Waals surface area contributed by atoms with Gasteiger partial charge in [0.1, 0.15) is 0 Å². The first-order valence-electron chi connectivity index (χ1n) is 19.6. The summed E-state index contributed by atoms with van der Waals surface area (Å²) in [7, 11) is 0. The molecule has 9 aromatic carbocycles. The van der Waals surface area contributed by atoms with Gasteiger partial charge in [0.05, 0.1) is 11.1 Å². The number of fused-ring (bicyclic) bond motifs is 6. The molecular weight excluding hydrogens is 707 g/mol. The van der Waals surface area contributed by atoms with Crippen molar-refractivity contribution in [3.8, 4) is 33.4 Å². The minimum absolute atomic E-state index is 0.441. The molecule has 0 radical (unpaired) electrons. The first-order chi connectivity index (χ1) is 28.3. The molecule has 0 bridgehead atoms. The zero-order valence-corrected chi connectivity index (χ0v) is 32.0. The van der Waals surface area contributed by atoms with E-state index in [0.717, 1.165) is 17.1 Å². The van der Waals surface area contributed by atoms with Crippen LogP contribution < -0.4 is 4.90 Å². The topological polar surface area (TPSA) is 3.24 Å². The van der Waals surface area contributed by atoms with Crippen LogP contribution >= 0.6 is 11.3 Å². The molecule has 0 amide bonds. The summed E-state index contributed by atoms with van der Waals surface area (Å²) in [6.45, 7) is 0. The molecule has 11 rings (SSSR count). The lowest BCUT2D eigenvalue weighted by Gasteiger charge is -2.34. The Bertz CT molecular complexity index is 2950. The Morgan fingerprint density at radius 2 is 0.895 bits per heavy atom. The van der Waals surface area contributed by atoms with Crippen LogP contribution in [0.1, 0.15) is 22.3 Å². The highest BCUT2D eigenvalue weighted by atomic mass is 32.1. The Morgan fingerprint density at radius 1 is 0.351 bits per heavy atom. The van der Waals surface area contributed by atoms with Gasteiger partial charge < -0.3 is 4.90 Å². The lowest BCUT2D eigenvalue weighted by atomic mass is 9.67. The third-order valence-corrected chi connectivity index (χ3v) is 12.8. The van der Waals surface area contributed by atoms with Gasteiger partial charge in [0.15, 0.2) is 0 Å². The molecule has 1 aliphatic rings. The molecule has 0 saturated carbocycles. The van der Waals surface area contributed by atoms with Crippen LogP contribution in [0.4, 0.5) is 17.1 Å². The Hall–Kier alpha value is -7.00. The van der Waals surface area contributed by atoms with Gasteiger partial charge in [-0.05, 0) is 104 Å². The molecule has 268 valence electrons. The fourth-order valence-corrected chi connectivity index (χ4v) is 10.4. The van der Waals surface area contributed by atoms with E-state index in [1.54, 1.807) is 0 Å². The smallest absolute Gasteiger partial charge is 0.0714 e. The second-order valence-electron chi connectivity index (χ2n) is 14.8. The molecule has 1 aliphatic carbocycles. The Morgan fingerprint density at radius 3 is 1.51 bits per heavy atom. The molecule has 0 unspecified atom stereocenters. The summed E-state index contributed by atoms with van der Waals surface area (Å²) < 4.78 is 2.55. The molecule has 10 aromatic rings. The molecule has 1 aromatic heterocycles. The highest BCUT2D eigenvalue weighted by molar-refractivity contribution is 7.26. The molecule has 0 aliphatic heterocycles. The predicted molar refractivity (Wildman–Crippen MR) is 242 cm³/mol. The van der Waals surface area contributed by atoms with Gasteiger partial charge in [0.2, 0.25) is 0 Å². The summed E-state index contributed by atoms with van der Waals surface area (Å²) in [5.41, 5.74) is 15.6. The van der Waals surface area contributed by atoms with Gasteiger partial charge in [-0.15, -0.1) is 11.3 Å². The largest absolute Gasteiger partial charge is 0.310 e. The van der Waals surface area contributed by atoms with Crippen molar-refractivity contribution in [3.63, 3.8) is 0 Å². The fraction of sp³-hybridized carbons (Fsp3) is 0.0182. The molecule has 0 fully saturated rings. The van der Waals surface area contributed by atoms with E-state index in [9.17, 15) is 0 Å². The third-order valence-electron chi connectivity index (χ3n) is 11.7. The molecule has 1 heterocycles. The normalized spacial score (nSPS) is 12.7. The summed E-state index contributed by atoms with van der Waals surface area (Å²) in [5, 5.41) is 2.53. The monoisotopic (exact) mass is 743 g/mol. The zero-order chi connectivity index (χ0) is 37.8. The summed E-state index contributed by atoms with van der Waals surface area (Å²) in [6.07, 6.45) is 0. The van der Waals surface area contributed by atoms with Crippen LogP contribution in [0.15, 0.2) is 224 Å². The molecule has 0 atom stereocenters. The van der Waals surface area contributed by atoms with Crippen molar-refractivity contribution in [1.29, 1.82) is 0 Å². The Labute approximate surface area is 337 Å². The first kappa shape index (κ1) is 33.3. The maximum atomic E-state index is 2.48. The van der Waals surface area contributed by atoms with E-state index in [0.29, 0.717) is 0 Å². The average molecular weight is 744 g/mol. The van der Waals surface area contributed by atoms with E-state index in [1.807, 2.05) is 11.3 Å². The highest BCUT2D eigenvalue weighted by Crippen LogP contribution is 2.57. The van der Waals surface area contributed by atoms with Gasteiger partial charge >= 0.3 is 0 Å². The number of anilines is 3. The van der Waals surface area contributed by atoms with Crippen molar-refractivity contribution < 1.29 is 0 Å². The Balaban J connectivity index is 1.15. The molecule has 0 spiro atoms. The van der Waals surface area contributed by atoms with E-state index < -0.39 is 5.41 Å². The van der Waals surface area contributed by atoms with E-state index >= 15 is 0 Å². The SMILES string of the molecule is c1ccc(-c2cc(-c3ccccc3)cc(N(c3ccccc3)c3cccc4sc5cc(C6(c7ccccc7)c7ccccc7-c7ccccc76)ccc5c34)c2)cc1. The quantitative estimate of drug-likeness (QED) is 0.157. The lowest BCUT2D eigenvalue weighted by molar-refractivity contribution is 0.770. The van der Waals surface area contributed by atoms with E-state index in [-0.39, 0.29) is 0 Å². The highest BCUT2D eigenvalue weighted by Gasteiger charge is 2.46. The maximum Gasteiger partial charge on any atom is 0.0714 e. The predicted octanol–water partition coefficient (Wildman–Crippen LogP) is 15.2. The second-order valence-corrected chi connectivity index (χ2v) is 15.9. The summed E-state index contributed by atoms with van der Waals surface area (Å²) >= 11 is 1.89. The number of nitrogens with zero attached hydrogens (tertiary/aromatic N) is 1. The van der Waals surface area contributed by atoms with Crippen molar-refractivity contribution in [2.45, 2.75) is 5.41 Å². The minimum atomic E-state index is -0.441. The fourth-order valence-electron chi connectivity index (χ4n) is 9.28. The van der Waals surface area contributed by atoms with Crippen LogP contribution in [0.25, 0.3) is 53.6 Å². The van der Waals surface area contributed by atoms with Crippen molar-refractivity contribution >= 4 is 48.6 Å². The van der Waals surface area contributed by atoms with Gasteiger partial charge in [0, 0.05) is 31.5 Å². The van der Waals surface area contributed by atoms with Crippen LogP contribution in [-0.2, 0) is 5.41 Å². The van der Waals surface area contributed by atoms with Gasteiger partial charge in [-0.3, -0.25) is 0 Å². The maximum absolute atomic E-state index is 2.48. The number of para-hydroxylation sites is 1. The molecule has 0 N–H and O–H groups in total. The second kappa shape index (κ2) is 13.6. The number of thiophene rings is 1. The Kier molecular flexibility index (Phi) is 7.98. The number of benzene rings is 9. The third kappa shape index (κ3) is 5.37. The van der Waals surface area contributed by atoms with Crippen LogP contribution in [0.5, 0.6) is 0 Å². The zero-order valence-electron chi connectivity index (χ0n) is 31.2. The molecule has 0 saturated heterocycles. The summed E-state index contributed by atoms with van der Waals surface area (Å²) in [5.74, 6) is 0. The first-order valence-corrected chi connectivity index (χ1v) is 20.4. The van der Waals surface area contributed by atoms with Crippen LogP contribution in [0.3, 0.4) is 0 Å². The van der Waals surface area contributed by atoms with Crippen LogP contribution in [-0.4, -0.2) is 0 Å². The minimum Gasteiger partial charge on any atom is -0.310 e. The van der Waals surface area contributed by atoms with Gasteiger partial charge in [-0.1, -0.05) is 176 Å². The standard InChI is InChI=1S/C55H37NS/c1-5-18-38(19-6-1)40-34-41(39-20-7-2-8-21-39)36-45(35-40)56(44-24-11-4-12-25-44)51-30-17-31-52-54(51)48-33-32-43(37-53(48)57-52)55(42-22-9-3-10-23-42)49-28-15-13-26-46(49)47-27-14-16-29-50(47)55/h1-37H. The van der Waals surface area contributed by atoms with Crippen LogP contribution in [0, 0.1) is 0 Å².